The molecule has 3 rings (SSSR count). The number of benzene rings is 2. The van der Waals surface area contributed by atoms with Crippen LogP contribution in [0, 0.1) is 5.82 Å². The van der Waals surface area contributed by atoms with Gasteiger partial charge in [0.25, 0.3) is 5.56 Å². The van der Waals surface area contributed by atoms with Gasteiger partial charge in [-0.15, -0.1) is 0 Å². The number of rotatable bonds is 10. The van der Waals surface area contributed by atoms with Gasteiger partial charge in [0, 0.05) is 13.0 Å². The Bertz CT molecular complexity index is 1180. The van der Waals surface area contributed by atoms with Gasteiger partial charge in [0.1, 0.15) is 11.6 Å². The van der Waals surface area contributed by atoms with Gasteiger partial charge in [-0.1, -0.05) is 57.3 Å². The molecule has 0 saturated heterocycles. The highest BCUT2D eigenvalue weighted by Crippen LogP contribution is 2.28. The zero-order valence-electron chi connectivity index (χ0n) is 19.5. The first-order valence-electron chi connectivity index (χ1n) is 11.7. The first-order valence-corrected chi connectivity index (χ1v) is 12.1. The van der Waals surface area contributed by atoms with Crippen LogP contribution in [0.5, 0.6) is 0 Å². The van der Waals surface area contributed by atoms with Crippen molar-refractivity contribution in [2.24, 2.45) is 0 Å². The second-order valence-corrected chi connectivity index (χ2v) is 8.60. The van der Waals surface area contributed by atoms with Crippen LogP contribution in [0.1, 0.15) is 71.2 Å². The summed E-state index contributed by atoms with van der Waals surface area (Å²) in [7, 11) is 0. The zero-order chi connectivity index (χ0) is 24.0. The highest BCUT2D eigenvalue weighted by Gasteiger charge is 2.28. The van der Waals surface area contributed by atoms with Crippen LogP contribution in [-0.4, -0.2) is 26.9 Å². The topological polar surface area (TPSA) is 55.2 Å². The number of nitrogens with zero attached hydrogens (tertiary/aromatic N) is 3. The molecule has 0 N–H and O–H groups in total. The van der Waals surface area contributed by atoms with Gasteiger partial charge in [0.15, 0.2) is 0 Å². The van der Waals surface area contributed by atoms with Crippen molar-refractivity contribution >= 4 is 28.4 Å². The first-order chi connectivity index (χ1) is 15.9. The van der Waals surface area contributed by atoms with Crippen LogP contribution in [0.15, 0.2) is 47.3 Å². The fraction of sp³-hybridized carbons (Fsp3) is 0.423. The van der Waals surface area contributed by atoms with E-state index in [9.17, 15) is 14.0 Å². The van der Waals surface area contributed by atoms with E-state index < -0.39 is 11.9 Å². The van der Waals surface area contributed by atoms with E-state index in [0.29, 0.717) is 41.8 Å². The lowest BCUT2D eigenvalue weighted by Gasteiger charge is -2.32. The average molecular weight is 472 g/mol. The minimum absolute atomic E-state index is 0.0586. The molecule has 0 aliphatic heterocycles. The monoisotopic (exact) mass is 471 g/mol. The Balaban J connectivity index is 2.22. The number of carbonyl (C=O) groups excluding carboxylic acids is 1. The summed E-state index contributed by atoms with van der Waals surface area (Å²) in [5, 5.41) is 0.375. The Hall–Kier alpha value is -2.73. The molecular weight excluding hydrogens is 441 g/mol. The van der Waals surface area contributed by atoms with E-state index in [2.05, 4.69) is 6.92 Å². The van der Waals surface area contributed by atoms with Gasteiger partial charge < -0.3 is 4.90 Å². The van der Waals surface area contributed by atoms with E-state index in [0.717, 1.165) is 25.7 Å². The number of carbonyl (C=O) groups is 1. The predicted molar refractivity (Wildman–Crippen MR) is 131 cm³/mol. The van der Waals surface area contributed by atoms with Crippen molar-refractivity contribution in [1.82, 2.24) is 14.5 Å². The summed E-state index contributed by atoms with van der Waals surface area (Å²) in [6.07, 6.45) is 4.70. The largest absolute Gasteiger partial charge is 0.333 e. The quantitative estimate of drug-likeness (QED) is 0.319. The standard InChI is InChI=1S/C26H31ClFN3O2/c1-4-7-8-13-24(32)30(16-5-2)23(6-3)25-29-22-12-10-9-11-19(22)26(33)31(25)18-14-15-21(28)20(27)17-18/h9-12,14-15,17,23H,4-8,13,16H2,1-3H3. The van der Waals surface area contributed by atoms with E-state index in [-0.39, 0.29) is 16.5 Å². The zero-order valence-corrected chi connectivity index (χ0v) is 20.2. The lowest BCUT2D eigenvalue weighted by Crippen LogP contribution is -2.39. The second kappa shape index (κ2) is 11.4. The summed E-state index contributed by atoms with van der Waals surface area (Å²) < 4.78 is 15.4. The third kappa shape index (κ3) is 5.44. The number of fused-ring (bicyclic) bond motifs is 1. The SMILES string of the molecule is CCCCCC(=O)N(CCC)C(CC)c1nc2ccccc2c(=O)n1-c1ccc(F)c(Cl)c1. The minimum Gasteiger partial charge on any atom is -0.333 e. The average Bonchev–Trinajstić information content (AvgIpc) is 2.81. The molecule has 0 saturated carbocycles. The molecule has 5 nitrogen and oxygen atoms in total. The summed E-state index contributed by atoms with van der Waals surface area (Å²) >= 11 is 6.06. The maximum atomic E-state index is 13.9. The summed E-state index contributed by atoms with van der Waals surface area (Å²) in [6, 6.07) is 10.9. The van der Waals surface area contributed by atoms with Crippen LogP contribution >= 0.6 is 11.6 Å². The van der Waals surface area contributed by atoms with Crippen LogP contribution < -0.4 is 5.56 Å². The van der Waals surface area contributed by atoms with Gasteiger partial charge in [-0.05, 0) is 49.6 Å². The van der Waals surface area contributed by atoms with Crippen LogP contribution in [0.3, 0.4) is 0 Å². The molecule has 1 unspecified atom stereocenters. The number of amides is 1. The molecule has 3 aromatic rings. The van der Waals surface area contributed by atoms with Gasteiger partial charge in [0.05, 0.1) is 27.7 Å². The Morgan fingerprint density at radius 3 is 2.55 bits per heavy atom. The Labute approximate surface area is 199 Å². The van der Waals surface area contributed by atoms with E-state index in [1.54, 1.807) is 18.2 Å². The maximum absolute atomic E-state index is 13.9. The van der Waals surface area contributed by atoms with Gasteiger partial charge >= 0.3 is 0 Å². The van der Waals surface area contributed by atoms with Crippen LogP contribution in [0.25, 0.3) is 16.6 Å². The van der Waals surface area contributed by atoms with Crippen molar-refractivity contribution in [2.45, 2.75) is 65.3 Å². The molecule has 2 aromatic carbocycles. The summed E-state index contributed by atoms with van der Waals surface area (Å²) in [5.74, 6) is -0.0427. The fourth-order valence-corrected chi connectivity index (χ4v) is 4.33. The predicted octanol–water partition coefficient (Wildman–Crippen LogP) is 6.45. The van der Waals surface area contributed by atoms with Crippen molar-refractivity contribution in [2.75, 3.05) is 6.54 Å². The number of para-hydroxylation sites is 1. The van der Waals surface area contributed by atoms with Crippen molar-refractivity contribution in [3.63, 3.8) is 0 Å². The molecule has 1 amide bonds. The third-order valence-electron chi connectivity index (χ3n) is 5.80. The molecule has 0 fully saturated rings. The second-order valence-electron chi connectivity index (χ2n) is 8.19. The van der Waals surface area contributed by atoms with E-state index in [1.807, 2.05) is 24.8 Å². The molecule has 0 aliphatic carbocycles. The van der Waals surface area contributed by atoms with Crippen LogP contribution in [-0.2, 0) is 4.79 Å². The Morgan fingerprint density at radius 1 is 1.12 bits per heavy atom. The van der Waals surface area contributed by atoms with E-state index in [4.69, 9.17) is 16.6 Å². The summed E-state index contributed by atoms with van der Waals surface area (Å²) in [5.41, 5.74) is 0.717. The van der Waals surface area contributed by atoms with E-state index >= 15 is 0 Å². The molecule has 1 heterocycles. The number of unbranched alkanes of at least 4 members (excludes halogenated alkanes) is 2. The highest BCUT2D eigenvalue weighted by molar-refractivity contribution is 6.30. The van der Waals surface area contributed by atoms with Crippen molar-refractivity contribution in [1.29, 1.82) is 0 Å². The van der Waals surface area contributed by atoms with Crippen LogP contribution in [0.4, 0.5) is 4.39 Å². The van der Waals surface area contributed by atoms with Gasteiger partial charge in [0.2, 0.25) is 5.91 Å². The molecule has 1 atom stereocenters. The molecule has 7 heteroatoms. The van der Waals surface area contributed by atoms with Crippen molar-refractivity contribution in [3.8, 4) is 5.69 Å². The van der Waals surface area contributed by atoms with Crippen LogP contribution in [0.2, 0.25) is 5.02 Å². The van der Waals surface area contributed by atoms with Gasteiger partial charge in [-0.25, -0.2) is 9.37 Å². The lowest BCUT2D eigenvalue weighted by atomic mass is 10.1. The van der Waals surface area contributed by atoms with Crippen molar-refractivity contribution < 1.29 is 9.18 Å². The molecular formula is C26H31ClFN3O2. The van der Waals surface area contributed by atoms with Gasteiger partial charge in [-0.2, -0.15) is 0 Å². The molecule has 0 spiro atoms. The maximum Gasteiger partial charge on any atom is 0.266 e. The Kier molecular flexibility index (Phi) is 8.61. The lowest BCUT2D eigenvalue weighted by molar-refractivity contribution is -0.134. The molecule has 176 valence electrons. The number of hydrogen-bond acceptors (Lipinski definition) is 3. The highest BCUT2D eigenvalue weighted by atomic mass is 35.5. The number of halogens is 2. The normalized spacial score (nSPS) is 12.2. The smallest absolute Gasteiger partial charge is 0.266 e. The van der Waals surface area contributed by atoms with Crippen molar-refractivity contribution in [3.05, 3.63) is 69.5 Å². The molecule has 0 radical (unpaired) electrons. The molecule has 0 bridgehead atoms. The molecule has 33 heavy (non-hydrogen) atoms. The molecule has 1 aromatic heterocycles. The molecule has 0 aliphatic rings. The fourth-order valence-electron chi connectivity index (χ4n) is 4.15. The first kappa shape index (κ1) is 24.9. The van der Waals surface area contributed by atoms with Gasteiger partial charge in [-0.3, -0.25) is 14.2 Å². The number of hydrogen-bond donors (Lipinski definition) is 0. The summed E-state index contributed by atoms with van der Waals surface area (Å²) in [6.45, 7) is 6.68. The third-order valence-corrected chi connectivity index (χ3v) is 6.09. The number of aromatic nitrogens is 2. The van der Waals surface area contributed by atoms with E-state index in [1.165, 1.54) is 22.8 Å². The minimum atomic E-state index is -0.561. The summed E-state index contributed by atoms with van der Waals surface area (Å²) in [4.78, 5) is 33.5. The Morgan fingerprint density at radius 2 is 1.88 bits per heavy atom.